The average Bonchev–Trinajstić information content (AvgIpc) is 2.54. The van der Waals surface area contributed by atoms with Crippen molar-refractivity contribution in [3.63, 3.8) is 0 Å². The fraction of sp³-hybridized carbons (Fsp3) is 0.333. The Morgan fingerprint density at radius 3 is 2.62 bits per heavy atom. The summed E-state index contributed by atoms with van der Waals surface area (Å²) in [6.45, 7) is 4.60. The highest BCUT2D eigenvalue weighted by atomic mass is 16.1. The summed E-state index contributed by atoms with van der Waals surface area (Å²) in [6, 6.07) is 4.03. The standard InChI is InChI=1S/C15H19N5O/c1-3-11(2)20-14-10-17-13(9-18-14)15(21)19-8-12-4-6-16-7-5-12/h4-7,9-11H,3,8H2,1-2H3,(H,18,20)(H,19,21). The molecule has 0 aliphatic heterocycles. The van der Waals surface area contributed by atoms with Gasteiger partial charge in [0.1, 0.15) is 11.5 Å². The highest BCUT2D eigenvalue weighted by Gasteiger charge is 2.08. The molecule has 0 radical (unpaired) electrons. The molecule has 0 saturated carbocycles. The van der Waals surface area contributed by atoms with Gasteiger partial charge in [0.25, 0.3) is 5.91 Å². The van der Waals surface area contributed by atoms with Crippen LogP contribution in [0.2, 0.25) is 0 Å². The molecule has 2 aromatic heterocycles. The quantitative estimate of drug-likeness (QED) is 0.848. The lowest BCUT2D eigenvalue weighted by Crippen LogP contribution is -2.24. The molecule has 2 rings (SSSR count). The van der Waals surface area contributed by atoms with Crippen LogP contribution in [0, 0.1) is 0 Å². The van der Waals surface area contributed by atoms with Crippen LogP contribution in [0.25, 0.3) is 0 Å². The maximum Gasteiger partial charge on any atom is 0.271 e. The van der Waals surface area contributed by atoms with Crippen LogP contribution in [0.15, 0.2) is 36.9 Å². The van der Waals surface area contributed by atoms with Crippen LogP contribution in [-0.2, 0) is 6.54 Å². The molecule has 0 aromatic carbocycles. The molecule has 2 aromatic rings. The van der Waals surface area contributed by atoms with E-state index >= 15 is 0 Å². The lowest BCUT2D eigenvalue weighted by molar-refractivity contribution is 0.0945. The number of carbonyl (C=O) groups is 1. The van der Waals surface area contributed by atoms with E-state index in [0.717, 1.165) is 12.0 Å². The van der Waals surface area contributed by atoms with Gasteiger partial charge in [0.15, 0.2) is 0 Å². The van der Waals surface area contributed by atoms with Crippen molar-refractivity contribution >= 4 is 11.7 Å². The zero-order chi connectivity index (χ0) is 15.1. The number of anilines is 1. The van der Waals surface area contributed by atoms with E-state index in [0.29, 0.717) is 24.1 Å². The molecule has 0 aliphatic carbocycles. The Balaban J connectivity index is 1.90. The molecule has 2 heterocycles. The molecule has 21 heavy (non-hydrogen) atoms. The molecule has 0 spiro atoms. The Morgan fingerprint density at radius 2 is 2.00 bits per heavy atom. The SMILES string of the molecule is CCC(C)Nc1cnc(C(=O)NCc2ccncc2)cn1. The van der Waals surface area contributed by atoms with Crippen molar-refractivity contribution < 1.29 is 4.79 Å². The number of nitrogens with zero attached hydrogens (tertiary/aromatic N) is 3. The molecule has 2 N–H and O–H groups in total. The number of nitrogens with one attached hydrogen (secondary N) is 2. The largest absolute Gasteiger partial charge is 0.366 e. The predicted molar refractivity (Wildman–Crippen MR) is 80.8 cm³/mol. The molecule has 0 aliphatic rings. The Labute approximate surface area is 124 Å². The molecule has 1 unspecified atom stereocenters. The first kappa shape index (κ1) is 14.9. The predicted octanol–water partition coefficient (Wildman–Crippen LogP) is 2.01. The van der Waals surface area contributed by atoms with Crippen molar-refractivity contribution in [1.82, 2.24) is 20.3 Å². The summed E-state index contributed by atoms with van der Waals surface area (Å²) in [5.41, 5.74) is 1.29. The number of rotatable bonds is 6. The zero-order valence-corrected chi connectivity index (χ0v) is 12.2. The number of amides is 1. The minimum absolute atomic E-state index is 0.241. The van der Waals surface area contributed by atoms with Crippen molar-refractivity contribution in [1.29, 1.82) is 0 Å². The third-order valence-corrected chi connectivity index (χ3v) is 3.09. The van der Waals surface area contributed by atoms with Gasteiger partial charge in [-0.25, -0.2) is 9.97 Å². The monoisotopic (exact) mass is 285 g/mol. The summed E-state index contributed by atoms with van der Waals surface area (Å²) in [5.74, 6) is 0.435. The van der Waals surface area contributed by atoms with Crippen LogP contribution in [0.3, 0.4) is 0 Å². The van der Waals surface area contributed by atoms with E-state index in [4.69, 9.17) is 0 Å². The van der Waals surface area contributed by atoms with E-state index < -0.39 is 0 Å². The fourth-order valence-corrected chi connectivity index (χ4v) is 1.65. The second-order valence-corrected chi connectivity index (χ2v) is 4.78. The normalized spacial score (nSPS) is 11.7. The molecule has 0 fully saturated rings. The Hall–Kier alpha value is -2.50. The smallest absolute Gasteiger partial charge is 0.271 e. The van der Waals surface area contributed by atoms with Gasteiger partial charge in [0.2, 0.25) is 0 Å². The summed E-state index contributed by atoms with van der Waals surface area (Å²) in [4.78, 5) is 24.2. The summed E-state index contributed by atoms with van der Waals surface area (Å²) in [7, 11) is 0. The van der Waals surface area contributed by atoms with E-state index in [2.05, 4.69) is 39.4 Å². The first-order chi connectivity index (χ1) is 10.2. The summed E-state index contributed by atoms with van der Waals surface area (Å²) in [6.07, 6.45) is 7.43. The van der Waals surface area contributed by atoms with Crippen LogP contribution < -0.4 is 10.6 Å². The molecule has 0 bridgehead atoms. The van der Waals surface area contributed by atoms with Gasteiger partial charge in [-0.05, 0) is 31.0 Å². The van der Waals surface area contributed by atoms with E-state index in [-0.39, 0.29) is 5.91 Å². The molecular weight excluding hydrogens is 266 g/mol. The molecule has 0 saturated heterocycles. The van der Waals surface area contributed by atoms with Gasteiger partial charge in [0.05, 0.1) is 12.4 Å². The fourth-order valence-electron chi connectivity index (χ4n) is 1.65. The van der Waals surface area contributed by atoms with E-state index in [1.807, 2.05) is 12.1 Å². The maximum atomic E-state index is 12.0. The Kier molecular flexibility index (Phi) is 5.20. The number of hydrogen-bond donors (Lipinski definition) is 2. The molecule has 110 valence electrons. The Bertz CT molecular complexity index is 570. The Morgan fingerprint density at radius 1 is 1.24 bits per heavy atom. The number of aromatic nitrogens is 3. The molecule has 1 atom stereocenters. The third kappa shape index (κ3) is 4.52. The van der Waals surface area contributed by atoms with Crippen molar-refractivity contribution in [2.45, 2.75) is 32.9 Å². The van der Waals surface area contributed by atoms with Gasteiger partial charge in [0, 0.05) is 25.0 Å². The van der Waals surface area contributed by atoms with Crippen LogP contribution in [0.5, 0.6) is 0 Å². The highest BCUT2D eigenvalue weighted by molar-refractivity contribution is 5.91. The second-order valence-electron chi connectivity index (χ2n) is 4.78. The average molecular weight is 285 g/mol. The summed E-state index contributed by atoms with van der Waals surface area (Å²) < 4.78 is 0. The van der Waals surface area contributed by atoms with E-state index in [1.54, 1.807) is 18.6 Å². The van der Waals surface area contributed by atoms with Crippen LogP contribution >= 0.6 is 0 Å². The minimum atomic E-state index is -0.241. The second kappa shape index (κ2) is 7.33. The van der Waals surface area contributed by atoms with Gasteiger partial charge in [-0.2, -0.15) is 0 Å². The van der Waals surface area contributed by atoms with Crippen LogP contribution in [0.4, 0.5) is 5.82 Å². The zero-order valence-electron chi connectivity index (χ0n) is 12.2. The number of carbonyl (C=O) groups excluding carboxylic acids is 1. The highest BCUT2D eigenvalue weighted by Crippen LogP contribution is 2.05. The molecule has 6 nitrogen and oxygen atoms in total. The summed E-state index contributed by atoms with van der Waals surface area (Å²) in [5, 5.41) is 6.00. The summed E-state index contributed by atoms with van der Waals surface area (Å²) >= 11 is 0. The lowest BCUT2D eigenvalue weighted by atomic mass is 10.2. The van der Waals surface area contributed by atoms with Crippen molar-refractivity contribution in [3.8, 4) is 0 Å². The molecule has 1 amide bonds. The van der Waals surface area contributed by atoms with E-state index in [1.165, 1.54) is 6.20 Å². The molecule has 6 heteroatoms. The van der Waals surface area contributed by atoms with E-state index in [9.17, 15) is 4.79 Å². The topological polar surface area (TPSA) is 79.8 Å². The molecular formula is C15H19N5O. The first-order valence-corrected chi connectivity index (χ1v) is 6.94. The number of hydrogen-bond acceptors (Lipinski definition) is 5. The third-order valence-electron chi connectivity index (χ3n) is 3.09. The maximum absolute atomic E-state index is 12.0. The van der Waals surface area contributed by atoms with Crippen molar-refractivity contribution in [2.24, 2.45) is 0 Å². The van der Waals surface area contributed by atoms with Crippen LogP contribution in [-0.4, -0.2) is 26.9 Å². The number of pyridine rings is 1. The van der Waals surface area contributed by atoms with Gasteiger partial charge in [-0.15, -0.1) is 0 Å². The first-order valence-electron chi connectivity index (χ1n) is 6.94. The van der Waals surface area contributed by atoms with Crippen LogP contribution in [0.1, 0.15) is 36.3 Å². The van der Waals surface area contributed by atoms with Crippen molar-refractivity contribution in [3.05, 3.63) is 48.2 Å². The van der Waals surface area contributed by atoms with Gasteiger partial charge in [-0.3, -0.25) is 9.78 Å². The van der Waals surface area contributed by atoms with Gasteiger partial charge < -0.3 is 10.6 Å². The van der Waals surface area contributed by atoms with Gasteiger partial charge >= 0.3 is 0 Å². The van der Waals surface area contributed by atoms with Gasteiger partial charge in [-0.1, -0.05) is 6.92 Å². The minimum Gasteiger partial charge on any atom is -0.366 e. The van der Waals surface area contributed by atoms with Crippen molar-refractivity contribution in [2.75, 3.05) is 5.32 Å². The lowest BCUT2D eigenvalue weighted by Gasteiger charge is -2.11.